The van der Waals surface area contributed by atoms with E-state index in [-0.39, 0.29) is 0 Å². The molecule has 39 heavy (non-hydrogen) atoms. The molecule has 0 N–H and O–H groups in total. The predicted molar refractivity (Wildman–Crippen MR) is 175 cm³/mol. The topological polar surface area (TPSA) is 6.48 Å². The molecule has 0 aromatic heterocycles. The Balaban J connectivity index is 0.00000205. The molecule has 0 aliphatic carbocycles. The van der Waals surface area contributed by atoms with Gasteiger partial charge in [-0.1, -0.05) is 111 Å². The average molecular weight is 541 g/mol. The van der Waals surface area contributed by atoms with Gasteiger partial charge in [-0.2, -0.15) is 0 Å². The highest BCUT2D eigenvalue weighted by molar-refractivity contribution is 7.98. The van der Waals surface area contributed by atoms with Gasteiger partial charge >= 0.3 is 0 Å². The first-order valence-corrected chi connectivity index (χ1v) is 15.5. The summed E-state index contributed by atoms with van der Waals surface area (Å²) in [5.41, 5.74) is 11.1. The fourth-order valence-corrected chi connectivity index (χ4v) is 6.03. The number of anilines is 1. The van der Waals surface area contributed by atoms with Gasteiger partial charge in [-0.3, -0.25) is 0 Å². The molecular weight excluding hydrogens is 492 g/mol. The number of hydrogen-bond acceptors (Lipinski definition) is 3. The Labute approximate surface area is 243 Å². The van der Waals surface area contributed by atoms with Crippen molar-refractivity contribution < 1.29 is 0 Å². The maximum atomic E-state index is 4.31. The highest BCUT2D eigenvalue weighted by Crippen LogP contribution is 2.33. The molecule has 3 heteroatoms. The van der Waals surface area contributed by atoms with Crippen LogP contribution < -0.4 is 4.31 Å². The average Bonchev–Trinajstić information content (AvgIpc) is 2.99. The molecule has 0 spiro atoms. The molecule has 0 atom stereocenters. The minimum Gasteiger partial charge on any atom is -0.303 e. The van der Waals surface area contributed by atoms with Gasteiger partial charge in [0.2, 0.25) is 0 Å². The minimum atomic E-state index is 0.958. The molecule has 3 aromatic carbocycles. The van der Waals surface area contributed by atoms with Crippen LogP contribution in [0.3, 0.4) is 0 Å². The summed E-state index contributed by atoms with van der Waals surface area (Å²) in [6, 6.07) is 28.7. The van der Waals surface area contributed by atoms with Gasteiger partial charge in [-0.05, 0) is 86.3 Å². The van der Waals surface area contributed by atoms with Crippen molar-refractivity contribution in [1.82, 2.24) is 4.31 Å². The number of fused-ring (bicyclic) bond motifs is 1. The highest BCUT2D eigenvalue weighted by Gasteiger charge is 2.19. The number of hydrogen-bond donors (Lipinski definition) is 0. The smallest absolute Gasteiger partial charge is 0.0514 e. The molecule has 0 bridgehead atoms. The Morgan fingerprint density at radius 1 is 0.872 bits per heavy atom. The minimum absolute atomic E-state index is 0.958. The lowest BCUT2D eigenvalue weighted by molar-refractivity contribution is 0.490. The van der Waals surface area contributed by atoms with E-state index >= 15 is 0 Å². The van der Waals surface area contributed by atoms with Crippen LogP contribution >= 0.6 is 12.1 Å². The van der Waals surface area contributed by atoms with Gasteiger partial charge in [0, 0.05) is 31.8 Å². The van der Waals surface area contributed by atoms with E-state index in [1.807, 2.05) is 26.0 Å². The van der Waals surface area contributed by atoms with Crippen molar-refractivity contribution in [3.8, 4) is 0 Å². The van der Waals surface area contributed by atoms with E-state index in [2.05, 4.69) is 115 Å². The van der Waals surface area contributed by atoms with Crippen molar-refractivity contribution in [1.29, 1.82) is 0 Å². The summed E-state index contributed by atoms with van der Waals surface area (Å²) < 4.78 is 4.95. The van der Waals surface area contributed by atoms with E-state index in [0.29, 0.717) is 0 Å². The van der Waals surface area contributed by atoms with Crippen molar-refractivity contribution in [3.05, 3.63) is 119 Å². The fourth-order valence-electron chi connectivity index (χ4n) is 4.95. The molecule has 0 saturated heterocycles. The summed E-state index contributed by atoms with van der Waals surface area (Å²) in [5.74, 6) is 0. The normalized spacial score (nSPS) is 13.3. The number of nitrogens with zero attached hydrogens (tertiary/aromatic N) is 2. The van der Waals surface area contributed by atoms with Crippen LogP contribution in [-0.4, -0.2) is 17.4 Å². The molecule has 0 amide bonds. The zero-order chi connectivity index (χ0) is 28.0. The fraction of sp³-hybridized carbons (Fsp3) is 0.389. The van der Waals surface area contributed by atoms with Gasteiger partial charge in [0.1, 0.15) is 0 Å². The second-order valence-corrected chi connectivity index (χ2v) is 11.4. The number of allylic oxidation sites excluding steroid dienone is 3. The molecule has 2 nitrogen and oxygen atoms in total. The Morgan fingerprint density at radius 2 is 1.54 bits per heavy atom. The van der Waals surface area contributed by atoms with Crippen molar-refractivity contribution in [2.45, 2.75) is 79.7 Å². The molecule has 0 unspecified atom stereocenters. The van der Waals surface area contributed by atoms with Gasteiger partial charge in [0.25, 0.3) is 0 Å². The van der Waals surface area contributed by atoms with Crippen molar-refractivity contribution in [2.24, 2.45) is 0 Å². The lowest BCUT2D eigenvalue weighted by Gasteiger charge is -2.33. The first kappa shape index (κ1) is 30.8. The van der Waals surface area contributed by atoms with Gasteiger partial charge in [0.15, 0.2) is 0 Å². The Kier molecular flexibility index (Phi) is 12.9. The first-order valence-electron chi connectivity index (χ1n) is 14.8. The van der Waals surface area contributed by atoms with Crippen LogP contribution in [0, 0.1) is 0 Å². The van der Waals surface area contributed by atoms with Crippen LogP contribution in [0.25, 0.3) is 5.57 Å². The third-order valence-corrected chi connectivity index (χ3v) is 8.62. The standard InChI is InChI=1S/C34H42N2S.C2H6/c1-5-35(37-36-24-12-18-33-17-9-10-19-34(33)36)26-31-22-20-30(21-23-31)14-11-13-27(2)28(3)25-29(4)32-15-7-6-8-16-32;1-2/h6-10,15-17,19-23H,4-5,11-14,18,24-26H2,1-3H3;1-2H3/b28-27+;. The summed E-state index contributed by atoms with van der Waals surface area (Å²) >= 11 is 1.89. The first-order chi connectivity index (χ1) is 19.0. The van der Waals surface area contributed by atoms with Crippen LogP contribution in [0.2, 0.25) is 0 Å². The van der Waals surface area contributed by atoms with E-state index in [0.717, 1.165) is 38.9 Å². The summed E-state index contributed by atoms with van der Waals surface area (Å²) in [7, 11) is 0. The summed E-state index contributed by atoms with van der Waals surface area (Å²) in [4.78, 5) is 0. The summed E-state index contributed by atoms with van der Waals surface area (Å²) in [6.07, 6.45) is 6.84. The maximum absolute atomic E-state index is 4.31. The Morgan fingerprint density at radius 3 is 2.26 bits per heavy atom. The molecule has 0 saturated carbocycles. The van der Waals surface area contributed by atoms with Gasteiger partial charge in [0.05, 0.1) is 5.69 Å². The third-order valence-electron chi connectivity index (χ3n) is 7.42. The molecule has 3 aromatic rings. The molecule has 1 aliphatic heterocycles. The highest BCUT2D eigenvalue weighted by atomic mass is 32.2. The van der Waals surface area contributed by atoms with E-state index in [1.165, 1.54) is 63.9 Å². The largest absolute Gasteiger partial charge is 0.303 e. The monoisotopic (exact) mass is 540 g/mol. The third kappa shape index (κ3) is 9.44. The molecule has 1 aliphatic rings. The summed E-state index contributed by atoms with van der Waals surface area (Å²) in [5, 5.41) is 0. The number of benzene rings is 3. The number of aryl methyl sites for hydroxylation is 2. The predicted octanol–water partition coefficient (Wildman–Crippen LogP) is 10.3. The quantitative estimate of drug-likeness (QED) is 0.167. The second kappa shape index (κ2) is 16.4. The van der Waals surface area contributed by atoms with Gasteiger partial charge in [-0.25, -0.2) is 4.31 Å². The molecule has 208 valence electrons. The molecule has 0 radical (unpaired) electrons. The van der Waals surface area contributed by atoms with Crippen LogP contribution in [0.15, 0.2) is 96.6 Å². The SMILES string of the molecule is C=C(C/C(C)=C(\C)CCCc1ccc(CN(CC)SN2CCCc3ccccc32)cc1)c1ccccc1.CC. The van der Waals surface area contributed by atoms with Crippen LogP contribution in [0.5, 0.6) is 0 Å². The van der Waals surface area contributed by atoms with Crippen LogP contribution in [0.1, 0.15) is 82.6 Å². The number of para-hydroxylation sites is 1. The van der Waals surface area contributed by atoms with Crippen molar-refractivity contribution in [2.75, 3.05) is 17.4 Å². The molecular formula is C36H48N2S. The number of rotatable bonds is 12. The Bertz CT molecular complexity index is 1180. The molecule has 1 heterocycles. The summed E-state index contributed by atoms with van der Waals surface area (Å²) in [6.45, 7) is 18.2. The second-order valence-electron chi connectivity index (χ2n) is 10.2. The van der Waals surface area contributed by atoms with Crippen LogP contribution in [-0.2, 0) is 19.4 Å². The zero-order valence-corrected chi connectivity index (χ0v) is 25.7. The Hall–Kier alpha value is -2.75. The van der Waals surface area contributed by atoms with Crippen molar-refractivity contribution in [3.63, 3.8) is 0 Å². The zero-order valence-electron chi connectivity index (χ0n) is 24.9. The molecule has 0 fully saturated rings. The van der Waals surface area contributed by atoms with E-state index < -0.39 is 0 Å². The van der Waals surface area contributed by atoms with E-state index in [4.69, 9.17) is 0 Å². The lowest BCUT2D eigenvalue weighted by Crippen LogP contribution is -2.29. The van der Waals surface area contributed by atoms with E-state index in [1.54, 1.807) is 0 Å². The van der Waals surface area contributed by atoms with Gasteiger partial charge < -0.3 is 4.31 Å². The van der Waals surface area contributed by atoms with Crippen molar-refractivity contribution >= 4 is 23.4 Å². The lowest BCUT2D eigenvalue weighted by atomic mass is 9.95. The van der Waals surface area contributed by atoms with Crippen LogP contribution in [0.4, 0.5) is 5.69 Å². The maximum Gasteiger partial charge on any atom is 0.0514 e. The molecule has 4 rings (SSSR count). The van der Waals surface area contributed by atoms with E-state index in [9.17, 15) is 0 Å². The van der Waals surface area contributed by atoms with Gasteiger partial charge in [-0.15, -0.1) is 0 Å².